The number of hydrogen-bond donors (Lipinski definition) is 2. The van der Waals surface area contributed by atoms with Gasteiger partial charge in [-0.15, -0.1) is 0 Å². The lowest BCUT2D eigenvalue weighted by molar-refractivity contribution is -0.384. The van der Waals surface area contributed by atoms with Crippen molar-refractivity contribution in [1.82, 2.24) is 5.32 Å². The number of halogens is 1. The van der Waals surface area contributed by atoms with Crippen molar-refractivity contribution in [3.63, 3.8) is 0 Å². The Kier molecular flexibility index (Phi) is 5.37. The fraction of sp³-hybridized carbons (Fsp3) is 0.417. The number of carbonyl (C=O) groups excluding carboxylic acids is 1. The number of nitrogens with one attached hydrogen (secondary N) is 2. The molecule has 1 unspecified atom stereocenters. The van der Waals surface area contributed by atoms with Gasteiger partial charge in [0.05, 0.1) is 4.92 Å². The third kappa shape index (κ3) is 4.29. The van der Waals surface area contributed by atoms with Gasteiger partial charge in [0.15, 0.2) is 0 Å². The van der Waals surface area contributed by atoms with Crippen LogP contribution in [0.2, 0.25) is 0 Å². The van der Waals surface area contributed by atoms with Crippen LogP contribution in [-0.2, 0) is 4.79 Å². The highest BCUT2D eigenvalue weighted by Gasteiger charge is 2.19. The van der Waals surface area contributed by atoms with Crippen LogP contribution in [0.15, 0.2) is 18.2 Å². The van der Waals surface area contributed by atoms with Crippen molar-refractivity contribution in [1.29, 1.82) is 0 Å². The van der Waals surface area contributed by atoms with Gasteiger partial charge in [-0.05, 0) is 12.6 Å². The fourth-order valence-electron chi connectivity index (χ4n) is 1.48. The van der Waals surface area contributed by atoms with E-state index in [1.54, 1.807) is 6.92 Å². The topological polar surface area (TPSA) is 84.3 Å². The number of rotatable bonds is 6. The second kappa shape index (κ2) is 6.79. The monoisotopic (exact) mass is 269 g/mol. The van der Waals surface area contributed by atoms with E-state index in [4.69, 9.17) is 0 Å². The lowest BCUT2D eigenvalue weighted by Crippen LogP contribution is -2.30. The maximum Gasteiger partial charge on any atom is 0.292 e. The van der Waals surface area contributed by atoms with Crippen LogP contribution in [0.1, 0.15) is 13.8 Å². The highest BCUT2D eigenvalue weighted by Crippen LogP contribution is 2.25. The van der Waals surface area contributed by atoms with Crippen LogP contribution in [0.4, 0.5) is 15.8 Å². The van der Waals surface area contributed by atoms with E-state index < -0.39 is 16.6 Å². The van der Waals surface area contributed by atoms with E-state index in [-0.39, 0.29) is 17.3 Å². The van der Waals surface area contributed by atoms with Crippen molar-refractivity contribution in [3.8, 4) is 0 Å². The predicted octanol–water partition coefficient (Wildman–Crippen LogP) is 1.92. The van der Waals surface area contributed by atoms with Gasteiger partial charge in [-0.1, -0.05) is 13.8 Å². The van der Waals surface area contributed by atoms with Crippen LogP contribution in [0.5, 0.6) is 0 Å². The normalized spacial score (nSPS) is 11.9. The van der Waals surface area contributed by atoms with Crippen LogP contribution in [-0.4, -0.2) is 23.9 Å². The van der Waals surface area contributed by atoms with Crippen LogP contribution in [0.3, 0.4) is 0 Å². The van der Waals surface area contributed by atoms with Gasteiger partial charge in [0, 0.05) is 24.6 Å². The molecule has 0 aliphatic rings. The summed E-state index contributed by atoms with van der Waals surface area (Å²) >= 11 is 0. The Bertz CT molecular complexity index is 479. The molecule has 1 aromatic carbocycles. The van der Waals surface area contributed by atoms with E-state index in [0.717, 1.165) is 24.7 Å². The molecule has 2 N–H and O–H groups in total. The summed E-state index contributed by atoms with van der Waals surface area (Å²) in [5.41, 5.74) is -0.455. The van der Waals surface area contributed by atoms with Crippen LogP contribution in [0, 0.1) is 21.8 Å². The van der Waals surface area contributed by atoms with Crippen molar-refractivity contribution >= 4 is 17.3 Å². The Balaban J connectivity index is 2.83. The van der Waals surface area contributed by atoms with Crippen molar-refractivity contribution in [2.75, 3.05) is 18.4 Å². The largest absolute Gasteiger partial charge is 0.320 e. The van der Waals surface area contributed by atoms with Crippen LogP contribution in [0.25, 0.3) is 0 Å². The average molecular weight is 269 g/mol. The van der Waals surface area contributed by atoms with Gasteiger partial charge in [0.25, 0.3) is 5.69 Å². The minimum atomic E-state index is -0.663. The molecule has 0 radical (unpaired) electrons. The molecule has 0 aliphatic heterocycles. The second-order valence-corrected chi connectivity index (χ2v) is 4.12. The zero-order valence-corrected chi connectivity index (χ0v) is 10.8. The van der Waals surface area contributed by atoms with Crippen molar-refractivity contribution in [2.24, 2.45) is 5.92 Å². The number of nitro benzene ring substituents is 1. The van der Waals surface area contributed by atoms with Gasteiger partial charge in [-0.25, -0.2) is 4.39 Å². The molecule has 1 atom stereocenters. The number of nitro groups is 1. The maximum absolute atomic E-state index is 13.1. The summed E-state index contributed by atoms with van der Waals surface area (Å²) in [7, 11) is 0. The maximum atomic E-state index is 13.1. The summed E-state index contributed by atoms with van der Waals surface area (Å²) in [5, 5.41) is 16.2. The molecule has 0 fully saturated rings. The first-order valence-corrected chi connectivity index (χ1v) is 5.91. The Hall–Kier alpha value is -2.02. The molecule has 104 valence electrons. The summed E-state index contributed by atoms with van der Waals surface area (Å²) in [6.07, 6.45) is 0. The number of nitrogens with zero attached hydrogens (tertiary/aromatic N) is 1. The summed E-state index contributed by atoms with van der Waals surface area (Å²) in [4.78, 5) is 21.9. The third-order valence-corrected chi connectivity index (χ3v) is 2.56. The summed E-state index contributed by atoms with van der Waals surface area (Å²) < 4.78 is 13.1. The third-order valence-electron chi connectivity index (χ3n) is 2.56. The SMILES string of the molecule is CCNCC(C)C(=O)Nc1cc(F)ccc1[N+](=O)[O-]. The summed E-state index contributed by atoms with van der Waals surface area (Å²) in [5.74, 6) is -1.40. The molecule has 0 saturated carbocycles. The quantitative estimate of drug-likeness (QED) is 0.610. The van der Waals surface area contributed by atoms with Crippen LogP contribution >= 0.6 is 0 Å². The minimum absolute atomic E-state index is 0.127. The molecule has 1 rings (SSSR count). The lowest BCUT2D eigenvalue weighted by Gasteiger charge is -2.12. The Morgan fingerprint density at radius 3 is 2.79 bits per heavy atom. The van der Waals surface area contributed by atoms with Crippen molar-refractivity contribution in [2.45, 2.75) is 13.8 Å². The zero-order valence-electron chi connectivity index (χ0n) is 10.8. The molecule has 1 amide bonds. The van der Waals surface area contributed by atoms with E-state index in [0.29, 0.717) is 6.54 Å². The molecule has 0 aliphatic carbocycles. The predicted molar refractivity (Wildman–Crippen MR) is 69.4 cm³/mol. The van der Waals surface area contributed by atoms with Gasteiger partial charge in [-0.2, -0.15) is 0 Å². The number of carbonyl (C=O) groups is 1. The van der Waals surface area contributed by atoms with Gasteiger partial charge in [-0.3, -0.25) is 14.9 Å². The lowest BCUT2D eigenvalue weighted by atomic mass is 10.1. The van der Waals surface area contributed by atoms with Crippen LogP contribution < -0.4 is 10.6 Å². The zero-order chi connectivity index (χ0) is 14.4. The van der Waals surface area contributed by atoms with Gasteiger partial charge in [0.2, 0.25) is 5.91 Å². The smallest absolute Gasteiger partial charge is 0.292 e. The molecule has 19 heavy (non-hydrogen) atoms. The first-order valence-electron chi connectivity index (χ1n) is 5.91. The Labute approximate surface area is 110 Å². The van der Waals surface area contributed by atoms with E-state index in [1.807, 2.05) is 6.92 Å². The molecule has 6 nitrogen and oxygen atoms in total. The molecule has 0 spiro atoms. The molecule has 0 bridgehead atoms. The van der Waals surface area contributed by atoms with Gasteiger partial charge < -0.3 is 10.6 Å². The molecule has 7 heteroatoms. The molecule has 1 aromatic rings. The van der Waals surface area contributed by atoms with Crippen molar-refractivity contribution in [3.05, 3.63) is 34.1 Å². The number of amides is 1. The second-order valence-electron chi connectivity index (χ2n) is 4.12. The van der Waals surface area contributed by atoms with E-state index in [9.17, 15) is 19.3 Å². The highest BCUT2D eigenvalue weighted by atomic mass is 19.1. The molecular weight excluding hydrogens is 253 g/mol. The molecular formula is C12H16FN3O3. The molecule has 0 saturated heterocycles. The fourth-order valence-corrected chi connectivity index (χ4v) is 1.48. The number of anilines is 1. The standard InChI is InChI=1S/C12H16FN3O3/c1-3-14-7-8(2)12(17)15-10-6-9(13)4-5-11(10)16(18)19/h4-6,8,14H,3,7H2,1-2H3,(H,15,17). The summed E-state index contributed by atoms with van der Waals surface area (Å²) in [6, 6.07) is 2.95. The van der Waals surface area contributed by atoms with Gasteiger partial charge in [0.1, 0.15) is 11.5 Å². The van der Waals surface area contributed by atoms with Gasteiger partial charge >= 0.3 is 0 Å². The summed E-state index contributed by atoms with van der Waals surface area (Å²) in [6.45, 7) is 4.76. The Morgan fingerprint density at radius 1 is 1.53 bits per heavy atom. The first kappa shape index (κ1) is 15.0. The molecule has 0 aromatic heterocycles. The minimum Gasteiger partial charge on any atom is -0.320 e. The number of hydrogen-bond acceptors (Lipinski definition) is 4. The van der Waals surface area contributed by atoms with E-state index in [2.05, 4.69) is 10.6 Å². The van der Waals surface area contributed by atoms with E-state index >= 15 is 0 Å². The average Bonchev–Trinajstić information content (AvgIpc) is 2.35. The first-order chi connectivity index (χ1) is 8.95. The Morgan fingerprint density at radius 2 is 2.21 bits per heavy atom. The van der Waals surface area contributed by atoms with E-state index in [1.165, 1.54) is 0 Å². The highest BCUT2D eigenvalue weighted by molar-refractivity contribution is 5.94. The van der Waals surface area contributed by atoms with Crippen molar-refractivity contribution < 1.29 is 14.1 Å². The molecule has 0 heterocycles. The number of benzene rings is 1.